The van der Waals surface area contributed by atoms with Gasteiger partial charge in [0.1, 0.15) is 5.75 Å². The Hall–Kier alpha value is -0.970. The zero-order chi connectivity index (χ0) is 14.8. The van der Waals surface area contributed by atoms with Gasteiger partial charge in [0.25, 0.3) is 5.91 Å². The van der Waals surface area contributed by atoms with Crippen molar-refractivity contribution in [3.05, 3.63) is 29.3 Å². The van der Waals surface area contributed by atoms with E-state index in [1.54, 1.807) is 19.1 Å². The molecule has 3 rings (SSSR count). The molecule has 2 heterocycles. The van der Waals surface area contributed by atoms with E-state index < -0.39 is 6.10 Å². The summed E-state index contributed by atoms with van der Waals surface area (Å²) in [7, 11) is 0. The number of ether oxygens (including phenoxy) is 1. The van der Waals surface area contributed by atoms with Crippen LogP contribution in [-0.2, 0) is 4.79 Å². The Morgan fingerprint density at radius 3 is 2.82 bits per heavy atom. The van der Waals surface area contributed by atoms with Crippen molar-refractivity contribution in [1.82, 2.24) is 10.2 Å². The number of likely N-dealkylation sites (tertiary alicyclic amines) is 1. The maximum Gasteiger partial charge on any atom is 0.263 e. The first-order valence-corrected chi connectivity index (χ1v) is 7.97. The molecule has 3 unspecified atom stereocenters. The second-order valence-corrected chi connectivity index (χ2v) is 6.31. The van der Waals surface area contributed by atoms with E-state index >= 15 is 0 Å². The van der Waals surface area contributed by atoms with Gasteiger partial charge in [-0.25, -0.2) is 0 Å². The van der Waals surface area contributed by atoms with Gasteiger partial charge >= 0.3 is 0 Å². The lowest BCUT2D eigenvalue weighted by Gasteiger charge is -2.27. The number of amides is 1. The summed E-state index contributed by atoms with van der Waals surface area (Å²) >= 11 is 6.08. The molecule has 2 fully saturated rings. The van der Waals surface area contributed by atoms with Gasteiger partial charge in [0.15, 0.2) is 6.10 Å². The SMILES string of the molecule is CC(Oc1ccccc1Cl)C(=O)N1CCC2CCC(C1)N2.Cl. The Labute approximate surface area is 142 Å². The molecule has 1 aromatic rings. The van der Waals surface area contributed by atoms with E-state index in [-0.39, 0.29) is 18.3 Å². The predicted octanol–water partition coefficient (Wildman–Crippen LogP) is 2.88. The van der Waals surface area contributed by atoms with E-state index in [9.17, 15) is 4.79 Å². The number of rotatable bonds is 3. The summed E-state index contributed by atoms with van der Waals surface area (Å²) in [6, 6.07) is 8.27. The van der Waals surface area contributed by atoms with E-state index in [2.05, 4.69) is 5.32 Å². The number of hydrogen-bond acceptors (Lipinski definition) is 3. The number of nitrogens with one attached hydrogen (secondary N) is 1. The van der Waals surface area contributed by atoms with Crippen LogP contribution in [-0.4, -0.2) is 42.1 Å². The highest BCUT2D eigenvalue weighted by Crippen LogP contribution is 2.25. The summed E-state index contributed by atoms with van der Waals surface area (Å²) < 4.78 is 5.74. The number of carbonyl (C=O) groups excluding carboxylic acids is 1. The van der Waals surface area contributed by atoms with Crippen molar-refractivity contribution < 1.29 is 9.53 Å². The number of halogens is 2. The molecule has 122 valence electrons. The zero-order valence-corrected chi connectivity index (χ0v) is 14.2. The molecule has 2 aliphatic heterocycles. The Balaban J connectivity index is 0.00000176. The smallest absolute Gasteiger partial charge is 0.263 e. The minimum Gasteiger partial charge on any atom is -0.479 e. The number of hydrogen-bond donors (Lipinski definition) is 1. The van der Waals surface area contributed by atoms with E-state index in [0.717, 1.165) is 25.9 Å². The van der Waals surface area contributed by atoms with Crippen LogP contribution in [0.15, 0.2) is 24.3 Å². The fraction of sp³-hybridized carbons (Fsp3) is 0.562. The predicted molar refractivity (Wildman–Crippen MR) is 89.9 cm³/mol. The van der Waals surface area contributed by atoms with Gasteiger partial charge in [-0.05, 0) is 38.3 Å². The summed E-state index contributed by atoms with van der Waals surface area (Å²) in [5, 5.41) is 4.12. The van der Waals surface area contributed by atoms with Crippen molar-refractivity contribution >= 4 is 29.9 Å². The fourth-order valence-corrected chi connectivity index (χ4v) is 3.36. The normalized spacial score (nSPS) is 25.1. The first-order chi connectivity index (χ1) is 10.1. The Kier molecular flexibility index (Phi) is 5.95. The van der Waals surface area contributed by atoms with Crippen LogP contribution in [0.5, 0.6) is 5.75 Å². The average molecular weight is 345 g/mol. The van der Waals surface area contributed by atoms with Crippen molar-refractivity contribution in [3.8, 4) is 5.75 Å². The van der Waals surface area contributed by atoms with Gasteiger partial charge in [0.05, 0.1) is 5.02 Å². The first-order valence-electron chi connectivity index (χ1n) is 7.59. The first kappa shape index (κ1) is 17.4. The quantitative estimate of drug-likeness (QED) is 0.916. The molecule has 0 aliphatic carbocycles. The van der Waals surface area contributed by atoms with Crippen LogP contribution in [0.1, 0.15) is 26.2 Å². The van der Waals surface area contributed by atoms with Gasteiger partial charge in [-0.1, -0.05) is 23.7 Å². The number of carbonyl (C=O) groups is 1. The monoisotopic (exact) mass is 344 g/mol. The number of benzene rings is 1. The van der Waals surface area contributed by atoms with E-state index in [4.69, 9.17) is 16.3 Å². The van der Waals surface area contributed by atoms with Crippen LogP contribution in [0, 0.1) is 0 Å². The van der Waals surface area contributed by atoms with Gasteiger partial charge in [-0.3, -0.25) is 4.79 Å². The minimum atomic E-state index is -0.512. The molecule has 2 aliphatic rings. The third-order valence-corrected chi connectivity index (χ3v) is 4.64. The molecule has 3 atom stereocenters. The highest BCUT2D eigenvalue weighted by atomic mass is 35.5. The molecule has 0 aromatic heterocycles. The summed E-state index contributed by atoms with van der Waals surface area (Å²) in [6.45, 7) is 3.39. The highest BCUT2D eigenvalue weighted by molar-refractivity contribution is 6.32. The third-order valence-electron chi connectivity index (χ3n) is 4.32. The standard InChI is InChI=1S/C16H21ClN2O2.ClH/c1-11(21-15-5-3-2-4-14(15)17)16(20)19-9-8-12-6-7-13(10-19)18-12;/h2-5,11-13,18H,6-10H2,1H3;1H. The lowest BCUT2D eigenvalue weighted by Crippen LogP contribution is -2.44. The average Bonchev–Trinajstić information content (AvgIpc) is 2.80. The minimum absolute atomic E-state index is 0. The molecule has 1 N–H and O–H groups in total. The van der Waals surface area contributed by atoms with Crippen molar-refractivity contribution in [2.75, 3.05) is 13.1 Å². The molecule has 1 aromatic carbocycles. The molecule has 22 heavy (non-hydrogen) atoms. The Bertz CT molecular complexity index is 527. The van der Waals surface area contributed by atoms with Crippen LogP contribution in [0.25, 0.3) is 0 Å². The van der Waals surface area contributed by atoms with Crippen molar-refractivity contribution in [2.45, 2.75) is 44.4 Å². The molecule has 0 spiro atoms. The summed E-state index contributed by atoms with van der Waals surface area (Å²) in [5.41, 5.74) is 0. The Morgan fingerprint density at radius 2 is 2.05 bits per heavy atom. The van der Waals surface area contributed by atoms with Crippen LogP contribution in [0.4, 0.5) is 0 Å². The lowest BCUT2D eigenvalue weighted by molar-refractivity contribution is -0.138. The van der Waals surface area contributed by atoms with Crippen molar-refractivity contribution in [3.63, 3.8) is 0 Å². The lowest BCUT2D eigenvalue weighted by atomic mass is 10.1. The molecule has 1 amide bonds. The molecule has 2 bridgehead atoms. The molecular formula is C16H22Cl2N2O2. The number of nitrogens with zero attached hydrogens (tertiary/aromatic N) is 1. The second kappa shape index (κ2) is 7.53. The van der Waals surface area contributed by atoms with Crippen LogP contribution < -0.4 is 10.1 Å². The van der Waals surface area contributed by atoms with Crippen molar-refractivity contribution in [1.29, 1.82) is 0 Å². The molecule has 4 nitrogen and oxygen atoms in total. The van der Waals surface area contributed by atoms with Crippen LogP contribution in [0.2, 0.25) is 5.02 Å². The van der Waals surface area contributed by atoms with Gasteiger partial charge in [-0.2, -0.15) is 0 Å². The van der Waals surface area contributed by atoms with E-state index in [1.165, 1.54) is 6.42 Å². The Morgan fingerprint density at radius 1 is 1.32 bits per heavy atom. The topological polar surface area (TPSA) is 41.6 Å². The summed E-state index contributed by atoms with van der Waals surface area (Å²) in [6.07, 6.45) is 2.91. The zero-order valence-electron chi connectivity index (χ0n) is 12.6. The van der Waals surface area contributed by atoms with E-state index in [0.29, 0.717) is 22.9 Å². The van der Waals surface area contributed by atoms with Gasteiger partial charge in [0, 0.05) is 25.2 Å². The number of para-hydroxylation sites is 1. The van der Waals surface area contributed by atoms with Gasteiger partial charge in [-0.15, -0.1) is 12.4 Å². The third kappa shape index (κ3) is 3.86. The largest absolute Gasteiger partial charge is 0.479 e. The highest BCUT2D eigenvalue weighted by Gasteiger charge is 2.33. The maximum atomic E-state index is 12.6. The maximum absolute atomic E-state index is 12.6. The van der Waals surface area contributed by atoms with Gasteiger partial charge < -0.3 is 15.0 Å². The summed E-state index contributed by atoms with van der Waals surface area (Å²) in [5.74, 6) is 0.610. The molecule has 2 saturated heterocycles. The van der Waals surface area contributed by atoms with Crippen molar-refractivity contribution in [2.24, 2.45) is 0 Å². The molecule has 6 heteroatoms. The van der Waals surface area contributed by atoms with Gasteiger partial charge in [0.2, 0.25) is 0 Å². The fourth-order valence-electron chi connectivity index (χ4n) is 3.18. The van der Waals surface area contributed by atoms with E-state index in [1.807, 2.05) is 17.0 Å². The van der Waals surface area contributed by atoms with Crippen LogP contribution in [0.3, 0.4) is 0 Å². The second-order valence-electron chi connectivity index (χ2n) is 5.90. The number of fused-ring (bicyclic) bond motifs is 2. The van der Waals surface area contributed by atoms with Crippen LogP contribution >= 0.6 is 24.0 Å². The molecule has 0 saturated carbocycles. The molecular weight excluding hydrogens is 323 g/mol. The molecule has 0 radical (unpaired) electrons. The summed E-state index contributed by atoms with van der Waals surface area (Å²) in [4.78, 5) is 14.5.